The van der Waals surface area contributed by atoms with Crippen LogP contribution in [-0.2, 0) is 10.0 Å². The highest BCUT2D eigenvalue weighted by molar-refractivity contribution is 9.10. The van der Waals surface area contributed by atoms with Gasteiger partial charge in [0.05, 0.1) is 4.47 Å². The molecule has 0 spiro atoms. The van der Waals surface area contributed by atoms with Crippen LogP contribution in [0.1, 0.15) is 6.42 Å². The number of halogens is 2. The first-order chi connectivity index (χ1) is 9.16. The molecule has 20 heavy (non-hydrogen) atoms. The zero-order chi connectivity index (χ0) is 15.5. The van der Waals surface area contributed by atoms with Crippen molar-refractivity contribution in [1.29, 1.82) is 0 Å². The average molecular weight is 368 g/mol. The number of rotatable bonds is 6. The monoisotopic (exact) mass is 367 g/mol. The van der Waals surface area contributed by atoms with E-state index < -0.39 is 20.7 Å². The molecular formula is C12H19BrFN3O2S. The maximum atomic E-state index is 14.0. The summed E-state index contributed by atoms with van der Waals surface area (Å²) in [6, 6.07) is 2.47. The Balaban J connectivity index is 2.99. The van der Waals surface area contributed by atoms with Gasteiger partial charge in [-0.15, -0.1) is 0 Å². The van der Waals surface area contributed by atoms with Crippen molar-refractivity contribution in [1.82, 2.24) is 9.21 Å². The van der Waals surface area contributed by atoms with Gasteiger partial charge in [-0.1, -0.05) is 0 Å². The number of nitrogens with two attached hydrogens (primary N) is 1. The van der Waals surface area contributed by atoms with Crippen molar-refractivity contribution in [3.05, 3.63) is 22.4 Å². The summed E-state index contributed by atoms with van der Waals surface area (Å²) >= 11 is 2.97. The summed E-state index contributed by atoms with van der Waals surface area (Å²) < 4.78 is 39.8. The van der Waals surface area contributed by atoms with E-state index in [0.717, 1.165) is 16.9 Å². The summed E-state index contributed by atoms with van der Waals surface area (Å²) in [5, 5.41) is 0. The third-order valence-electron chi connectivity index (χ3n) is 2.78. The molecule has 0 saturated heterocycles. The summed E-state index contributed by atoms with van der Waals surface area (Å²) in [6.07, 6.45) is 0.661. The second-order valence-electron chi connectivity index (χ2n) is 4.80. The minimum atomic E-state index is -3.88. The first kappa shape index (κ1) is 17.4. The summed E-state index contributed by atoms with van der Waals surface area (Å²) in [7, 11) is 1.36. The third-order valence-corrected chi connectivity index (χ3v) is 5.22. The van der Waals surface area contributed by atoms with E-state index in [1.165, 1.54) is 13.1 Å². The van der Waals surface area contributed by atoms with Crippen LogP contribution >= 0.6 is 15.9 Å². The molecule has 0 aliphatic rings. The first-order valence-electron chi connectivity index (χ1n) is 6.02. The minimum Gasteiger partial charge on any atom is -0.399 e. The molecule has 5 nitrogen and oxygen atoms in total. The Morgan fingerprint density at radius 3 is 2.40 bits per heavy atom. The highest BCUT2D eigenvalue weighted by Crippen LogP contribution is 2.27. The molecule has 0 bridgehead atoms. The number of hydrogen-bond acceptors (Lipinski definition) is 4. The Kier molecular flexibility index (Phi) is 5.93. The van der Waals surface area contributed by atoms with Gasteiger partial charge in [0, 0.05) is 19.3 Å². The lowest BCUT2D eigenvalue weighted by molar-refractivity contribution is 0.369. The summed E-state index contributed by atoms with van der Waals surface area (Å²) in [5.74, 6) is -0.821. The van der Waals surface area contributed by atoms with Crippen molar-refractivity contribution in [2.45, 2.75) is 11.3 Å². The minimum absolute atomic E-state index is 0.0396. The van der Waals surface area contributed by atoms with Crippen LogP contribution in [0, 0.1) is 5.82 Å². The Morgan fingerprint density at radius 1 is 1.25 bits per heavy atom. The molecule has 0 heterocycles. The van der Waals surface area contributed by atoms with E-state index in [0.29, 0.717) is 13.0 Å². The Bertz CT molecular complexity index is 578. The zero-order valence-corrected chi connectivity index (χ0v) is 14.1. The number of hydrogen-bond donors (Lipinski definition) is 1. The molecule has 0 atom stereocenters. The molecule has 0 radical (unpaired) electrons. The Labute approximate surface area is 127 Å². The molecule has 0 aliphatic carbocycles. The molecule has 1 rings (SSSR count). The van der Waals surface area contributed by atoms with E-state index >= 15 is 0 Å². The molecule has 0 aliphatic heterocycles. The highest BCUT2D eigenvalue weighted by atomic mass is 79.9. The standard InChI is InChI=1S/C12H19BrFN3O2S/c1-16(2)5-4-6-17(3)20(18,19)11-8-9(15)7-10(13)12(11)14/h7-8H,4-6,15H2,1-3H3. The van der Waals surface area contributed by atoms with Gasteiger partial charge in [-0.3, -0.25) is 0 Å². The lowest BCUT2D eigenvalue weighted by Crippen LogP contribution is -2.30. The van der Waals surface area contributed by atoms with E-state index in [-0.39, 0.29) is 10.2 Å². The fourth-order valence-corrected chi connectivity index (χ4v) is 3.60. The summed E-state index contributed by atoms with van der Waals surface area (Å²) in [4.78, 5) is 1.55. The maximum Gasteiger partial charge on any atom is 0.245 e. The predicted molar refractivity (Wildman–Crippen MR) is 81.5 cm³/mol. The van der Waals surface area contributed by atoms with Crippen LogP contribution in [0.25, 0.3) is 0 Å². The van der Waals surface area contributed by atoms with Crippen LogP contribution in [0.15, 0.2) is 21.5 Å². The van der Waals surface area contributed by atoms with Gasteiger partial charge >= 0.3 is 0 Å². The number of anilines is 1. The van der Waals surface area contributed by atoms with Crippen LogP contribution < -0.4 is 5.73 Å². The normalized spacial score (nSPS) is 12.3. The van der Waals surface area contributed by atoms with E-state index in [2.05, 4.69) is 15.9 Å². The average Bonchev–Trinajstić information content (AvgIpc) is 2.32. The van der Waals surface area contributed by atoms with Crippen molar-refractivity contribution >= 4 is 31.6 Å². The molecule has 114 valence electrons. The molecule has 1 aromatic rings. The molecule has 0 unspecified atom stereocenters. The number of benzene rings is 1. The quantitative estimate of drug-likeness (QED) is 0.777. The largest absolute Gasteiger partial charge is 0.399 e. The van der Waals surface area contributed by atoms with Gasteiger partial charge < -0.3 is 10.6 Å². The first-order valence-corrected chi connectivity index (χ1v) is 8.25. The molecule has 8 heteroatoms. The highest BCUT2D eigenvalue weighted by Gasteiger charge is 2.26. The lowest BCUT2D eigenvalue weighted by atomic mass is 10.3. The second kappa shape index (κ2) is 6.84. The molecule has 0 amide bonds. The predicted octanol–water partition coefficient (Wildman–Crippen LogP) is 1.74. The molecular weight excluding hydrogens is 349 g/mol. The van der Waals surface area contributed by atoms with E-state index in [4.69, 9.17) is 5.73 Å². The Hall–Kier alpha value is -0.700. The topological polar surface area (TPSA) is 66.6 Å². The fourth-order valence-electron chi connectivity index (χ4n) is 1.67. The van der Waals surface area contributed by atoms with Gasteiger partial charge in [-0.2, -0.15) is 0 Å². The molecule has 0 fully saturated rings. The van der Waals surface area contributed by atoms with Gasteiger partial charge in [0.25, 0.3) is 0 Å². The summed E-state index contributed by atoms with van der Waals surface area (Å²) in [6.45, 7) is 1.06. The van der Waals surface area contributed by atoms with Crippen molar-refractivity contribution in [2.24, 2.45) is 0 Å². The van der Waals surface area contributed by atoms with Gasteiger partial charge in [-0.25, -0.2) is 17.1 Å². The molecule has 1 aromatic carbocycles. The van der Waals surface area contributed by atoms with Crippen molar-refractivity contribution < 1.29 is 12.8 Å². The van der Waals surface area contributed by atoms with E-state index in [1.54, 1.807) is 0 Å². The van der Waals surface area contributed by atoms with E-state index in [9.17, 15) is 12.8 Å². The van der Waals surface area contributed by atoms with E-state index in [1.807, 2.05) is 19.0 Å². The smallest absolute Gasteiger partial charge is 0.245 e. The Morgan fingerprint density at radius 2 is 1.85 bits per heavy atom. The number of sulfonamides is 1. The lowest BCUT2D eigenvalue weighted by Gasteiger charge is -2.19. The van der Waals surface area contributed by atoms with Gasteiger partial charge in [0.2, 0.25) is 10.0 Å². The third kappa shape index (κ3) is 4.15. The van der Waals surface area contributed by atoms with Crippen molar-refractivity contribution in [2.75, 3.05) is 40.0 Å². The van der Waals surface area contributed by atoms with Crippen LogP contribution in [-0.4, -0.2) is 51.9 Å². The van der Waals surface area contributed by atoms with Crippen LogP contribution in [0.3, 0.4) is 0 Å². The van der Waals surface area contributed by atoms with Crippen molar-refractivity contribution in [3.63, 3.8) is 0 Å². The maximum absolute atomic E-state index is 14.0. The van der Waals surface area contributed by atoms with Gasteiger partial charge in [0.1, 0.15) is 4.90 Å². The number of nitrogen functional groups attached to an aromatic ring is 1. The van der Waals surface area contributed by atoms with Gasteiger partial charge in [-0.05, 0) is 55.1 Å². The van der Waals surface area contributed by atoms with Crippen LogP contribution in [0.5, 0.6) is 0 Å². The van der Waals surface area contributed by atoms with Crippen LogP contribution in [0.2, 0.25) is 0 Å². The molecule has 0 saturated carbocycles. The molecule has 0 aromatic heterocycles. The summed E-state index contributed by atoms with van der Waals surface area (Å²) in [5.41, 5.74) is 5.77. The molecule has 2 N–H and O–H groups in total. The van der Waals surface area contributed by atoms with Crippen LogP contribution in [0.4, 0.5) is 10.1 Å². The van der Waals surface area contributed by atoms with Crippen molar-refractivity contribution in [3.8, 4) is 0 Å². The van der Waals surface area contributed by atoms with Gasteiger partial charge in [0.15, 0.2) is 5.82 Å². The SMILES string of the molecule is CN(C)CCCN(C)S(=O)(=O)c1cc(N)cc(Br)c1F. The second-order valence-corrected chi connectivity index (χ2v) is 7.67. The zero-order valence-electron chi connectivity index (χ0n) is 11.7. The fraction of sp³-hybridized carbons (Fsp3) is 0.500. The number of nitrogens with zero attached hydrogens (tertiary/aromatic N) is 2.